The molecule has 1 unspecified atom stereocenters. The zero-order valence-electron chi connectivity index (χ0n) is 8.43. The first kappa shape index (κ1) is 9.54. The molecule has 0 radical (unpaired) electrons. The van der Waals surface area contributed by atoms with Gasteiger partial charge in [0.25, 0.3) is 0 Å². The molecule has 0 aromatic carbocycles. The first-order valence-electron chi connectivity index (χ1n) is 5.04. The molecule has 1 aromatic heterocycles. The summed E-state index contributed by atoms with van der Waals surface area (Å²) in [5.41, 5.74) is 5.62. The Morgan fingerprint density at radius 3 is 3.00 bits per heavy atom. The molecule has 1 aromatic rings. The molecule has 0 amide bonds. The third-order valence-electron chi connectivity index (χ3n) is 2.79. The van der Waals surface area contributed by atoms with Crippen LogP contribution in [0.25, 0.3) is 0 Å². The molecule has 6 nitrogen and oxygen atoms in total. The fourth-order valence-electron chi connectivity index (χ4n) is 1.73. The molecule has 6 heteroatoms. The smallest absolute Gasteiger partial charge is 0.165 e. The summed E-state index contributed by atoms with van der Waals surface area (Å²) >= 11 is 0. The van der Waals surface area contributed by atoms with Crippen LogP contribution in [0, 0.1) is 0 Å². The molecule has 0 aliphatic carbocycles. The third-order valence-corrected chi connectivity index (χ3v) is 2.79. The van der Waals surface area contributed by atoms with Crippen molar-refractivity contribution < 1.29 is 0 Å². The highest BCUT2D eigenvalue weighted by atomic mass is 15.5. The normalized spacial score (nSPS) is 22.3. The zero-order chi connectivity index (χ0) is 9.97. The van der Waals surface area contributed by atoms with E-state index >= 15 is 0 Å². The number of aromatic nitrogens is 4. The fraction of sp³-hybridized carbons (Fsp3) is 0.875. The van der Waals surface area contributed by atoms with E-state index in [1.54, 1.807) is 0 Å². The number of nitrogens with zero attached hydrogens (tertiary/aromatic N) is 5. The van der Waals surface area contributed by atoms with Crippen LogP contribution in [0.5, 0.6) is 0 Å². The van der Waals surface area contributed by atoms with Gasteiger partial charge in [-0.2, -0.15) is 0 Å². The van der Waals surface area contributed by atoms with Gasteiger partial charge in [0.1, 0.15) is 0 Å². The second-order valence-electron chi connectivity index (χ2n) is 3.56. The highest BCUT2D eigenvalue weighted by Crippen LogP contribution is 2.18. The van der Waals surface area contributed by atoms with E-state index in [1.807, 2.05) is 11.6 Å². The van der Waals surface area contributed by atoms with Gasteiger partial charge in [-0.15, -0.1) is 5.10 Å². The van der Waals surface area contributed by atoms with Gasteiger partial charge in [-0.1, -0.05) is 0 Å². The van der Waals surface area contributed by atoms with Crippen LogP contribution in [0.4, 0.5) is 0 Å². The van der Waals surface area contributed by atoms with Gasteiger partial charge in [-0.3, -0.25) is 4.90 Å². The highest BCUT2D eigenvalue weighted by Gasteiger charge is 2.27. The van der Waals surface area contributed by atoms with Gasteiger partial charge >= 0.3 is 0 Å². The predicted octanol–water partition coefficient (Wildman–Crippen LogP) is -0.774. The van der Waals surface area contributed by atoms with Crippen LogP contribution in [-0.2, 0) is 13.1 Å². The standard InChI is InChI=1S/C8H16N6/c1-2-14-8(10-11-12-14)6-13-4-3-7(13)5-9/h7H,2-6,9H2,1H3. The Morgan fingerprint density at radius 2 is 2.43 bits per heavy atom. The van der Waals surface area contributed by atoms with Gasteiger partial charge in [0, 0.05) is 25.7 Å². The largest absolute Gasteiger partial charge is 0.329 e. The summed E-state index contributed by atoms with van der Waals surface area (Å²) in [6.45, 7) is 5.52. The molecule has 1 aliphatic heterocycles. The SMILES string of the molecule is CCn1nnnc1CN1CCC1CN. The summed E-state index contributed by atoms with van der Waals surface area (Å²) in [5, 5.41) is 11.6. The minimum absolute atomic E-state index is 0.525. The van der Waals surface area contributed by atoms with Crippen molar-refractivity contribution in [3.05, 3.63) is 5.82 Å². The Kier molecular flexibility index (Phi) is 2.74. The number of aryl methyl sites for hydroxylation is 1. The Balaban J connectivity index is 1.97. The maximum absolute atomic E-state index is 5.62. The van der Waals surface area contributed by atoms with Gasteiger partial charge in [-0.25, -0.2) is 4.68 Å². The fourth-order valence-corrected chi connectivity index (χ4v) is 1.73. The molecule has 2 heterocycles. The van der Waals surface area contributed by atoms with E-state index in [-0.39, 0.29) is 0 Å². The molecule has 1 atom stereocenters. The molecule has 2 N–H and O–H groups in total. The topological polar surface area (TPSA) is 72.9 Å². The van der Waals surface area contributed by atoms with Crippen molar-refractivity contribution in [2.75, 3.05) is 13.1 Å². The number of rotatable bonds is 4. The molecule has 14 heavy (non-hydrogen) atoms. The number of likely N-dealkylation sites (tertiary alicyclic amines) is 1. The molecule has 0 spiro atoms. The van der Waals surface area contributed by atoms with Crippen molar-refractivity contribution in [3.63, 3.8) is 0 Å². The van der Waals surface area contributed by atoms with Crippen LogP contribution >= 0.6 is 0 Å². The van der Waals surface area contributed by atoms with E-state index in [4.69, 9.17) is 5.73 Å². The monoisotopic (exact) mass is 196 g/mol. The minimum atomic E-state index is 0.525. The van der Waals surface area contributed by atoms with Gasteiger partial charge in [0.05, 0.1) is 6.54 Å². The Bertz CT molecular complexity index is 294. The van der Waals surface area contributed by atoms with Crippen molar-refractivity contribution >= 4 is 0 Å². The maximum Gasteiger partial charge on any atom is 0.165 e. The molecule has 2 rings (SSSR count). The lowest BCUT2D eigenvalue weighted by Gasteiger charge is -2.39. The second kappa shape index (κ2) is 4.02. The number of nitrogens with two attached hydrogens (primary N) is 1. The molecule has 0 bridgehead atoms. The summed E-state index contributed by atoms with van der Waals surface area (Å²) in [6, 6.07) is 0.525. The van der Waals surface area contributed by atoms with Crippen molar-refractivity contribution in [1.82, 2.24) is 25.1 Å². The van der Waals surface area contributed by atoms with Gasteiger partial charge < -0.3 is 5.73 Å². The van der Waals surface area contributed by atoms with Crippen molar-refractivity contribution in [2.45, 2.75) is 32.5 Å². The van der Waals surface area contributed by atoms with Gasteiger partial charge in [0.15, 0.2) is 5.82 Å². The summed E-state index contributed by atoms with van der Waals surface area (Å²) in [4.78, 5) is 2.32. The zero-order valence-corrected chi connectivity index (χ0v) is 8.43. The lowest BCUT2D eigenvalue weighted by Crippen LogP contribution is -2.51. The number of hydrogen-bond donors (Lipinski definition) is 1. The summed E-state index contributed by atoms with van der Waals surface area (Å²) in [6.07, 6.45) is 1.20. The first-order valence-corrected chi connectivity index (χ1v) is 5.04. The van der Waals surface area contributed by atoms with Crippen LogP contribution in [0.3, 0.4) is 0 Å². The predicted molar refractivity (Wildman–Crippen MR) is 51.4 cm³/mol. The maximum atomic E-state index is 5.62. The lowest BCUT2D eigenvalue weighted by atomic mass is 10.0. The summed E-state index contributed by atoms with van der Waals surface area (Å²) < 4.78 is 1.83. The minimum Gasteiger partial charge on any atom is -0.329 e. The van der Waals surface area contributed by atoms with Crippen LogP contribution in [0.15, 0.2) is 0 Å². The second-order valence-corrected chi connectivity index (χ2v) is 3.56. The van der Waals surface area contributed by atoms with Gasteiger partial charge in [0.2, 0.25) is 0 Å². The van der Waals surface area contributed by atoms with Crippen molar-refractivity contribution in [1.29, 1.82) is 0 Å². The van der Waals surface area contributed by atoms with Crippen LogP contribution in [-0.4, -0.2) is 44.2 Å². The Labute approximate surface area is 83.1 Å². The van der Waals surface area contributed by atoms with Crippen LogP contribution in [0.1, 0.15) is 19.2 Å². The molecule has 1 aliphatic rings. The lowest BCUT2D eigenvalue weighted by molar-refractivity contribution is 0.0833. The summed E-state index contributed by atoms with van der Waals surface area (Å²) in [5.74, 6) is 0.936. The molecule has 1 fully saturated rings. The Morgan fingerprint density at radius 1 is 1.57 bits per heavy atom. The highest BCUT2D eigenvalue weighted by molar-refractivity contribution is 4.89. The Hall–Kier alpha value is -1.01. The molecule has 78 valence electrons. The van der Waals surface area contributed by atoms with E-state index in [0.717, 1.165) is 32.0 Å². The van der Waals surface area contributed by atoms with E-state index in [1.165, 1.54) is 6.42 Å². The third kappa shape index (κ3) is 1.62. The van der Waals surface area contributed by atoms with E-state index in [0.29, 0.717) is 6.04 Å². The molecular formula is C8H16N6. The number of tetrazole rings is 1. The van der Waals surface area contributed by atoms with E-state index in [9.17, 15) is 0 Å². The molecular weight excluding hydrogens is 180 g/mol. The van der Waals surface area contributed by atoms with Crippen LogP contribution < -0.4 is 5.73 Å². The quantitative estimate of drug-likeness (QED) is 0.684. The average molecular weight is 196 g/mol. The summed E-state index contributed by atoms with van der Waals surface area (Å²) in [7, 11) is 0. The van der Waals surface area contributed by atoms with Gasteiger partial charge in [-0.05, 0) is 23.8 Å². The van der Waals surface area contributed by atoms with Crippen molar-refractivity contribution in [2.24, 2.45) is 5.73 Å². The average Bonchev–Trinajstić information content (AvgIpc) is 2.60. The number of hydrogen-bond acceptors (Lipinski definition) is 5. The molecule has 1 saturated heterocycles. The molecule has 0 saturated carbocycles. The van der Waals surface area contributed by atoms with Crippen molar-refractivity contribution in [3.8, 4) is 0 Å². The van der Waals surface area contributed by atoms with Crippen LogP contribution in [0.2, 0.25) is 0 Å². The van der Waals surface area contributed by atoms with E-state index < -0.39 is 0 Å². The first-order chi connectivity index (χ1) is 6.85. The van der Waals surface area contributed by atoms with E-state index in [2.05, 4.69) is 20.4 Å².